The molecule has 2 N–H and O–H groups in total. The smallest absolute Gasteiger partial charge is 0.276 e. The van der Waals surface area contributed by atoms with Crippen LogP contribution in [0.2, 0.25) is 0 Å². The fourth-order valence-electron chi connectivity index (χ4n) is 3.03. The minimum atomic E-state index is -3.75. The highest BCUT2D eigenvalue weighted by Crippen LogP contribution is 2.19. The van der Waals surface area contributed by atoms with Crippen LogP contribution in [0.1, 0.15) is 31.2 Å². The maximum atomic E-state index is 12.5. The Bertz CT molecular complexity index is 1120. The zero-order valence-corrected chi connectivity index (χ0v) is 17.5. The molecule has 1 heterocycles. The van der Waals surface area contributed by atoms with E-state index >= 15 is 0 Å². The first-order chi connectivity index (χ1) is 14.8. The second-order valence-corrected chi connectivity index (χ2v) is 8.59. The Balaban J connectivity index is 1.64. The van der Waals surface area contributed by atoms with Crippen LogP contribution >= 0.6 is 0 Å². The third-order valence-electron chi connectivity index (χ3n) is 4.61. The second kappa shape index (κ2) is 9.98. The Labute approximate surface area is 180 Å². The molecule has 0 radical (unpaired) electrons. The van der Waals surface area contributed by atoms with Crippen LogP contribution in [0.25, 0.3) is 6.08 Å². The van der Waals surface area contributed by atoms with Crippen LogP contribution in [0.5, 0.6) is 0 Å². The zero-order valence-electron chi connectivity index (χ0n) is 16.7. The number of carbonyl (C=O) groups excluding carboxylic acids is 1. The van der Waals surface area contributed by atoms with Gasteiger partial charge in [-0.25, -0.2) is 8.42 Å². The van der Waals surface area contributed by atoms with Crippen LogP contribution in [0.15, 0.2) is 64.5 Å². The van der Waals surface area contributed by atoms with Crippen LogP contribution in [0.4, 0.5) is 11.4 Å². The van der Waals surface area contributed by atoms with Gasteiger partial charge in [-0.15, -0.1) is 0 Å². The van der Waals surface area contributed by atoms with Gasteiger partial charge in [0.05, 0.1) is 15.4 Å². The van der Waals surface area contributed by atoms with Crippen LogP contribution < -0.4 is 10.0 Å². The summed E-state index contributed by atoms with van der Waals surface area (Å²) in [7, 11) is -3.75. The van der Waals surface area contributed by atoms with Crippen LogP contribution in [0.3, 0.4) is 0 Å². The summed E-state index contributed by atoms with van der Waals surface area (Å²) in [6, 6.07) is 11.8. The molecule has 2 aromatic carbocycles. The lowest BCUT2D eigenvalue weighted by Crippen LogP contribution is -2.30. The molecule has 0 spiro atoms. The van der Waals surface area contributed by atoms with E-state index in [0.29, 0.717) is 30.1 Å². The van der Waals surface area contributed by atoms with E-state index in [4.69, 9.17) is 0 Å². The molecule has 0 saturated carbocycles. The van der Waals surface area contributed by atoms with Gasteiger partial charge in [0.2, 0.25) is 5.91 Å². The van der Waals surface area contributed by atoms with Crippen molar-refractivity contribution in [3.8, 4) is 0 Å². The van der Waals surface area contributed by atoms with Crippen molar-refractivity contribution in [2.45, 2.75) is 30.6 Å². The molecule has 162 valence electrons. The van der Waals surface area contributed by atoms with Crippen LogP contribution in [-0.2, 0) is 14.8 Å². The van der Waals surface area contributed by atoms with Crippen LogP contribution in [-0.4, -0.2) is 31.6 Å². The zero-order chi connectivity index (χ0) is 22.3. The number of carbonyl (C=O) groups is 1. The molecule has 0 bridgehead atoms. The highest BCUT2D eigenvalue weighted by Gasteiger charge is 2.17. The number of amides is 1. The van der Waals surface area contributed by atoms with Crippen molar-refractivity contribution >= 4 is 39.2 Å². The van der Waals surface area contributed by atoms with Gasteiger partial charge in [0.1, 0.15) is 5.84 Å². The lowest BCUT2D eigenvalue weighted by molar-refractivity contribution is -0.385. The van der Waals surface area contributed by atoms with E-state index < -0.39 is 20.9 Å². The largest absolute Gasteiger partial charge is 0.323 e. The Morgan fingerprint density at radius 3 is 2.55 bits per heavy atom. The highest BCUT2D eigenvalue weighted by atomic mass is 32.2. The molecule has 0 atom stereocenters. The minimum absolute atomic E-state index is 0.0629. The first-order valence-electron chi connectivity index (χ1n) is 9.74. The molecule has 3 rings (SSSR count). The van der Waals surface area contributed by atoms with E-state index in [-0.39, 0.29) is 10.6 Å². The predicted molar refractivity (Wildman–Crippen MR) is 118 cm³/mol. The number of amidine groups is 1. The Morgan fingerprint density at radius 1 is 1.06 bits per heavy atom. The normalized spacial score (nSPS) is 14.5. The number of anilines is 1. The number of sulfonamides is 1. The Kier molecular flexibility index (Phi) is 7.14. The number of para-hydroxylation sites is 1. The maximum absolute atomic E-state index is 12.5. The molecule has 1 aliphatic heterocycles. The lowest BCUT2D eigenvalue weighted by Gasteiger charge is -2.10. The van der Waals surface area contributed by atoms with Gasteiger partial charge in [0, 0.05) is 30.8 Å². The van der Waals surface area contributed by atoms with Gasteiger partial charge < -0.3 is 5.32 Å². The van der Waals surface area contributed by atoms with Crippen molar-refractivity contribution in [3.63, 3.8) is 0 Å². The van der Waals surface area contributed by atoms with E-state index in [1.54, 1.807) is 12.1 Å². The summed E-state index contributed by atoms with van der Waals surface area (Å²) in [6.45, 7) is 0.614. The number of hydrogen-bond donors (Lipinski definition) is 2. The third-order valence-corrected chi connectivity index (χ3v) is 6.00. The van der Waals surface area contributed by atoms with Crippen molar-refractivity contribution in [2.24, 2.45) is 4.99 Å². The number of rotatable bonds is 6. The number of benzene rings is 2. The van der Waals surface area contributed by atoms with Gasteiger partial charge in [-0.05, 0) is 49.2 Å². The van der Waals surface area contributed by atoms with Gasteiger partial charge >= 0.3 is 0 Å². The summed E-state index contributed by atoms with van der Waals surface area (Å²) in [4.78, 5) is 27.0. The molecule has 0 fully saturated rings. The maximum Gasteiger partial charge on any atom is 0.276 e. The van der Waals surface area contributed by atoms with E-state index in [1.807, 2.05) is 0 Å². The topological polar surface area (TPSA) is 131 Å². The first-order valence-corrected chi connectivity index (χ1v) is 11.2. The van der Waals surface area contributed by atoms with Gasteiger partial charge in [-0.1, -0.05) is 18.6 Å². The van der Waals surface area contributed by atoms with Crippen molar-refractivity contribution in [2.75, 3.05) is 11.9 Å². The third kappa shape index (κ3) is 6.22. The number of hydrogen-bond acceptors (Lipinski definition) is 6. The number of aliphatic imine (C=N–C) groups is 1. The molecule has 31 heavy (non-hydrogen) atoms. The van der Waals surface area contributed by atoms with Crippen molar-refractivity contribution in [1.29, 1.82) is 0 Å². The van der Waals surface area contributed by atoms with E-state index in [9.17, 15) is 23.3 Å². The summed E-state index contributed by atoms with van der Waals surface area (Å²) < 4.78 is 27.6. The Morgan fingerprint density at radius 2 is 1.81 bits per heavy atom. The number of nitro benzene ring substituents is 1. The molecular weight excluding hydrogens is 420 g/mol. The van der Waals surface area contributed by atoms with E-state index in [2.05, 4.69) is 15.0 Å². The molecule has 10 heteroatoms. The van der Waals surface area contributed by atoms with E-state index in [0.717, 1.165) is 19.3 Å². The fourth-order valence-corrected chi connectivity index (χ4v) is 4.12. The molecule has 2 aromatic rings. The summed E-state index contributed by atoms with van der Waals surface area (Å²) in [5, 5.41) is 13.6. The van der Waals surface area contributed by atoms with Crippen molar-refractivity contribution in [3.05, 3.63) is 70.3 Å². The Hall–Kier alpha value is -3.53. The average molecular weight is 442 g/mol. The molecule has 0 unspecified atom stereocenters. The molecule has 9 nitrogen and oxygen atoms in total. The summed E-state index contributed by atoms with van der Waals surface area (Å²) in [5.41, 5.74) is 0.589. The minimum Gasteiger partial charge on any atom is -0.323 e. The summed E-state index contributed by atoms with van der Waals surface area (Å²) in [6.07, 6.45) is 5.99. The monoisotopic (exact) mass is 442 g/mol. The number of nitrogens with one attached hydrogen (secondary N) is 2. The van der Waals surface area contributed by atoms with Gasteiger partial charge in [0.25, 0.3) is 15.7 Å². The molecule has 0 saturated heterocycles. The second-order valence-electron chi connectivity index (χ2n) is 6.91. The van der Waals surface area contributed by atoms with Crippen molar-refractivity contribution in [1.82, 2.24) is 4.72 Å². The average Bonchev–Trinajstić information content (AvgIpc) is 3.01. The summed E-state index contributed by atoms with van der Waals surface area (Å²) in [5.74, 6) is -0.0327. The number of nitrogens with zero attached hydrogens (tertiary/aromatic N) is 2. The van der Waals surface area contributed by atoms with Gasteiger partial charge in [0.15, 0.2) is 0 Å². The SMILES string of the molecule is O=C(C=Cc1ccccc1[N+](=O)[O-])Nc1ccc(S(=O)(=O)NC2=NCCCCC2)cc1. The molecule has 1 aliphatic rings. The van der Waals surface area contributed by atoms with Crippen LogP contribution in [0, 0.1) is 10.1 Å². The van der Waals surface area contributed by atoms with E-state index in [1.165, 1.54) is 48.6 Å². The quantitative estimate of drug-likeness (QED) is 0.402. The molecule has 0 aliphatic carbocycles. The molecular formula is C21H22N4O5S. The predicted octanol–water partition coefficient (Wildman–Crippen LogP) is 3.50. The van der Waals surface area contributed by atoms with Gasteiger partial charge in [-0.2, -0.15) is 0 Å². The number of nitro groups is 1. The standard InChI is InChI=1S/C21H22N4O5S/c26-21(14-9-16-6-3-4-7-19(16)25(27)28)23-17-10-12-18(13-11-17)31(29,30)24-20-8-2-1-5-15-22-20/h3-4,6-7,9-14H,1-2,5,8,15H2,(H,22,24)(H,23,26). The van der Waals surface area contributed by atoms with Gasteiger partial charge in [-0.3, -0.25) is 24.6 Å². The lowest BCUT2D eigenvalue weighted by atomic mass is 10.1. The first kappa shape index (κ1) is 22.2. The highest BCUT2D eigenvalue weighted by molar-refractivity contribution is 7.90. The summed E-state index contributed by atoms with van der Waals surface area (Å²) >= 11 is 0. The molecule has 0 aromatic heterocycles. The fraction of sp³-hybridized carbons (Fsp3) is 0.238. The van der Waals surface area contributed by atoms with Crippen molar-refractivity contribution < 1.29 is 18.1 Å². The molecule has 1 amide bonds.